The SMILES string of the molecule is CC1CCC(COc2cc(N3CCO[C@@H](C4CC4(C)C(=O)O)C3)cnn2)CC1. The molecule has 1 aromatic rings. The van der Waals surface area contributed by atoms with E-state index in [0.717, 1.165) is 18.2 Å². The maximum Gasteiger partial charge on any atom is 0.309 e. The summed E-state index contributed by atoms with van der Waals surface area (Å²) >= 11 is 0. The van der Waals surface area contributed by atoms with Crippen molar-refractivity contribution >= 4 is 11.7 Å². The van der Waals surface area contributed by atoms with Crippen molar-refractivity contribution in [3.63, 3.8) is 0 Å². The van der Waals surface area contributed by atoms with Gasteiger partial charge in [-0.25, -0.2) is 0 Å². The van der Waals surface area contributed by atoms with E-state index in [4.69, 9.17) is 9.47 Å². The van der Waals surface area contributed by atoms with E-state index in [1.807, 2.05) is 13.0 Å². The minimum absolute atomic E-state index is 0.0587. The van der Waals surface area contributed by atoms with Gasteiger partial charge in [0, 0.05) is 25.1 Å². The fourth-order valence-corrected chi connectivity index (χ4v) is 4.62. The maximum absolute atomic E-state index is 11.4. The summed E-state index contributed by atoms with van der Waals surface area (Å²) in [6.07, 6.45) is 7.39. The molecule has 7 heteroatoms. The highest BCUT2D eigenvalue weighted by Gasteiger charge is 2.60. The minimum Gasteiger partial charge on any atom is -0.481 e. The number of hydrogen-bond acceptors (Lipinski definition) is 6. The van der Waals surface area contributed by atoms with Crippen molar-refractivity contribution in [3.8, 4) is 5.88 Å². The lowest BCUT2D eigenvalue weighted by Crippen LogP contribution is -2.44. The van der Waals surface area contributed by atoms with Gasteiger partial charge in [-0.3, -0.25) is 4.79 Å². The van der Waals surface area contributed by atoms with Crippen LogP contribution in [0.25, 0.3) is 0 Å². The van der Waals surface area contributed by atoms with Crippen LogP contribution in [-0.4, -0.2) is 53.7 Å². The molecule has 28 heavy (non-hydrogen) atoms. The first kappa shape index (κ1) is 19.4. The normalized spacial score (nSPS) is 35.4. The Morgan fingerprint density at radius 1 is 1.39 bits per heavy atom. The largest absolute Gasteiger partial charge is 0.481 e. The predicted molar refractivity (Wildman–Crippen MR) is 104 cm³/mol. The Morgan fingerprint density at radius 3 is 2.89 bits per heavy atom. The lowest BCUT2D eigenvalue weighted by Gasteiger charge is -2.35. The zero-order valence-corrected chi connectivity index (χ0v) is 16.8. The highest BCUT2D eigenvalue weighted by Crippen LogP contribution is 2.55. The summed E-state index contributed by atoms with van der Waals surface area (Å²) in [5, 5.41) is 17.7. The van der Waals surface area contributed by atoms with Crippen LogP contribution in [0, 0.1) is 23.2 Å². The second-order valence-electron chi connectivity index (χ2n) is 9.08. The molecule has 1 aromatic heterocycles. The molecule has 2 saturated carbocycles. The van der Waals surface area contributed by atoms with Crippen LogP contribution in [0.4, 0.5) is 5.69 Å². The topological polar surface area (TPSA) is 84.8 Å². The summed E-state index contributed by atoms with van der Waals surface area (Å²) in [7, 11) is 0. The van der Waals surface area contributed by atoms with E-state index in [1.165, 1.54) is 25.7 Å². The number of carboxylic acids is 1. The van der Waals surface area contributed by atoms with Gasteiger partial charge in [0.1, 0.15) is 0 Å². The standard InChI is InChI=1S/C21H31N3O4/c1-14-3-5-15(6-4-14)13-28-19-9-16(11-22-23-19)24-7-8-27-18(12-24)17-10-21(17,2)20(25)26/h9,11,14-15,17-18H,3-8,10,12-13H2,1-2H3,(H,25,26)/t14?,15?,17?,18-,21?/m1/s1. The molecule has 0 amide bonds. The smallest absolute Gasteiger partial charge is 0.309 e. The Hall–Kier alpha value is -1.89. The van der Waals surface area contributed by atoms with Crippen LogP contribution in [0.5, 0.6) is 5.88 Å². The van der Waals surface area contributed by atoms with E-state index < -0.39 is 11.4 Å². The Kier molecular flexibility index (Phi) is 5.45. The number of carbonyl (C=O) groups is 1. The molecule has 3 atom stereocenters. The average molecular weight is 389 g/mol. The van der Waals surface area contributed by atoms with Gasteiger partial charge in [-0.15, -0.1) is 5.10 Å². The van der Waals surface area contributed by atoms with E-state index in [-0.39, 0.29) is 12.0 Å². The number of hydrogen-bond donors (Lipinski definition) is 1. The van der Waals surface area contributed by atoms with E-state index in [0.29, 0.717) is 38.0 Å². The van der Waals surface area contributed by atoms with Gasteiger partial charge in [0.05, 0.1) is 36.6 Å². The number of aromatic nitrogens is 2. The molecule has 7 nitrogen and oxygen atoms in total. The minimum atomic E-state index is -0.725. The van der Waals surface area contributed by atoms with Gasteiger partial charge in [0.25, 0.3) is 0 Å². The van der Waals surface area contributed by atoms with Crippen LogP contribution in [0.1, 0.15) is 46.0 Å². The molecule has 1 N–H and O–H groups in total. The lowest BCUT2D eigenvalue weighted by atomic mass is 9.83. The number of rotatable bonds is 6. The van der Waals surface area contributed by atoms with Crippen molar-refractivity contribution in [2.24, 2.45) is 23.2 Å². The average Bonchev–Trinajstić information content (AvgIpc) is 3.41. The van der Waals surface area contributed by atoms with Crippen LogP contribution in [0.3, 0.4) is 0 Å². The number of nitrogens with zero attached hydrogens (tertiary/aromatic N) is 3. The summed E-state index contributed by atoms with van der Waals surface area (Å²) < 4.78 is 11.8. The number of aliphatic carboxylic acids is 1. The van der Waals surface area contributed by atoms with Gasteiger partial charge in [-0.1, -0.05) is 19.8 Å². The van der Waals surface area contributed by atoms with E-state index in [9.17, 15) is 9.90 Å². The van der Waals surface area contributed by atoms with Crippen molar-refractivity contribution in [1.82, 2.24) is 10.2 Å². The third-order valence-corrected chi connectivity index (χ3v) is 6.92. The Morgan fingerprint density at radius 2 is 2.18 bits per heavy atom. The van der Waals surface area contributed by atoms with Gasteiger partial charge in [0.2, 0.25) is 5.88 Å². The molecule has 3 aliphatic rings. The molecule has 3 fully saturated rings. The summed E-state index contributed by atoms with van der Waals surface area (Å²) in [6.45, 7) is 6.87. The summed E-state index contributed by atoms with van der Waals surface area (Å²) in [6, 6.07) is 1.95. The van der Waals surface area contributed by atoms with Crippen LogP contribution in [0.2, 0.25) is 0 Å². The second-order valence-corrected chi connectivity index (χ2v) is 9.08. The number of anilines is 1. The molecule has 2 heterocycles. The molecule has 2 aliphatic carbocycles. The van der Waals surface area contributed by atoms with Crippen molar-refractivity contribution in [2.75, 3.05) is 31.2 Å². The molecule has 0 radical (unpaired) electrons. The van der Waals surface area contributed by atoms with Crippen molar-refractivity contribution in [3.05, 3.63) is 12.3 Å². The fourth-order valence-electron chi connectivity index (χ4n) is 4.62. The molecule has 0 aromatic carbocycles. The molecule has 0 spiro atoms. The predicted octanol–water partition coefficient (Wildman–Crippen LogP) is 3.00. The van der Waals surface area contributed by atoms with Gasteiger partial charge in [-0.05, 0) is 38.0 Å². The van der Waals surface area contributed by atoms with Gasteiger partial charge in [-0.2, -0.15) is 5.10 Å². The first-order valence-corrected chi connectivity index (χ1v) is 10.5. The summed E-state index contributed by atoms with van der Waals surface area (Å²) in [5.74, 6) is 1.37. The molecule has 4 rings (SSSR count). The van der Waals surface area contributed by atoms with E-state index >= 15 is 0 Å². The molecular formula is C21H31N3O4. The molecule has 2 unspecified atom stereocenters. The highest BCUT2D eigenvalue weighted by molar-refractivity contribution is 5.78. The number of ether oxygens (including phenoxy) is 2. The molecule has 0 bridgehead atoms. The first-order valence-electron chi connectivity index (χ1n) is 10.5. The Labute approximate surface area is 166 Å². The molecule has 154 valence electrons. The van der Waals surface area contributed by atoms with Gasteiger partial charge < -0.3 is 19.5 Å². The Balaban J connectivity index is 1.34. The maximum atomic E-state index is 11.4. The Bertz CT molecular complexity index is 707. The fraction of sp³-hybridized carbons (Fsp3) is 0.762. The van der Waals surface area contributed by atoms with Crippen LogP contribution in [0.15, 0.2) is 12.3 Å². The molecule has 1 aliphatic heterocycles. The number of carboxylic acid groups (broad SMARTS) is 1. The molecule has 1 saturated heterocycles. The zero-order chi connectivity index (χ0) is 19.7. The van der Waals surface area contributed by atoms with Gasteiger partial charge >= 0.3 is 5.97 Å². The van der Waals surface area contributed by atoms with Crippen molar-refractivity contribution in [1.29, 1.82) is 0 Å². The van der Waals surface area contributed by atoms with Crippen molar-refractivity contribution in [2.45, 2.75) is 52.1 Å². The monoisotopic (exact) mass is 389 g/mol. The van der Waals surface area contributed by atoms with Crippen molar-refractivity contribution < 1.29 is 19.4 Å². The van der Waals surface area contributed by atoms with E-state index in [2.05, 4.69) is 22.0 Å². The molecular weight excluding hydrogens is 358 g/mol. The van der Waals surface area contributed by atoms with Crippen LogP contribution >= 0.6 is 0 Å². The van der Waals surface area contributed by atoms with Crippen LogP contribution in [-0.2, 0) is 9.53 Å². The first-order chi connectivity index (χ1) is 13.5. The third-order valence-electron chi connectivity index (χ3n) is 6.92. The highest BCUT2D eigenvalue weighted by atomic mass is 16.5. The van der Waals surface area contributed by atoms with Gasteiger partial charge in [0.15, 0.2) is 0 Å². The van der Waals surface area contributed by atoms with Crippen LogP contribution < -0.4 is 9.64 Å². The summed E-state index contributed by atoms with van der Waals surface area (Å²) in [4.78, 5) is 13.7. The lowest BCUT2D eigenvalue weighted by molar-refractivity contribution is -0.144. The number of morpholine rings is 1. The summed E-state index contributed by atoms with van der Waals surface area (Å²) in [5.41, 5.74) is 0.323. The zero-order valence-electron chi connectivity index (χ0n) is 16.8. The third kappa shape index (κ3) is 4.09. The quantitative estimate of drug-likeness (QED) is 0.800. The van der Waals surface area contributed by atoms with E-state index in [1.54, 1.807) is 6.20 Å². The second kappa shape index (κ2) is 7.85.